The van der Waals surface area contributed by atoms with Gasteiger partial charge < -0.3 is 14.7 Å². The van der Waals surface area contributed by atoms with Gasteiger partial charge in [-0.05, 0) is 9.13 Å². The van der Waals surface area contributed by atoms with Crippen LogP contribution in [0.1, 0.15) is 27.2 Å². The summed E-state index contributed by atoms with van der Waals surface area (Å²) < 4.78 is 36.8. The van der Waals surface area contributed by atoms with Gasteiger partial charge in [0.25, 0.3) is 0 Å². The van der Waals surface area contributed by atoms with Gasteiger partial charge in [0.05, 0.1) is 0 Å². The van der Waals surface area contributed by atoms with Crippen molar-refractivity contribution in [2.45, 2.75) is 31.6 Å². The van der Waals surface area contributed by atoms with E-state index < -0.39 is 24.3 Å². The third-order valence-corrected chi connectivity index (χ3v) is 4.54. The maximum Gasteiger partial charge on any atom is 0.496 e. The molecule has 12 heteroatoms. The summed E-state index contributed by atoms with van der Waals surface area (Å²) in [5.74, 6) is 0. The number of hydrogen-bond donors (Lipinski definition) is 0. The van der Waals surface area contributed by atoms with Gasteiger partial charge >= 0.3 is 71.1 Å². The van der Waals surface area contributed by atoms with Crippen molar-refractivity contribution in [2.75, 3.05) is 0 Å². The first-order valence-electron chi connectivity index (χ1n) is 3.89. The van der Waals surface area contributed by atoms with Crippen molar-refractivity contribution in [2.24, 2.45) is 0 Å². The number of unbranched alkanes of at least 4 members (excludes halogenated alkanes) is 1. The Morgan fingerprint density at radius 1 is 1.24 bits per heavy atom. The molecule has 0 N–H and O–H groups in total. The minimum absolute atomic E-state index is 0. The van der Waals surface area contributed by atoms with Crippen LogP contribution in [-0.4, -0.2) is 22.5 Å². The Labute approximate surface area is 115 Å². The molecule has 17 heavy (non-hydrogen) atoms. The Morgan fingerprint density at radius 3 is 1.71 bits per heavy atom. The molecule has 0 amide bonds. The van der Waals surface area contributed by atoms with Crippen LogP contribution in [0.2, 0.25) is 4.44 Å². The van der Waals surface area contributed by atoms with Crippen LogP contribution < -0.4 is 14.7 Å². The van der Waals surface area contributed by atoms with E-state index in [2.05, 4.69) is 15.5 Å². The van der Waals surface area contributed by atoms with Crippen LogP contribution in [0.4, 0.5) is 0 Å². The van der Waals surface area contributed by atoms with E-state index in [1.807, 2.05) is 0 Å². The molecule has 0 aromatic carbocycles. The fourth-order valence-corrected chi connectivity index (χ4v) is 3.06. The third kappa shape index (κ3) is 22.7. The van der Waals surface area contributed by atoms with Crippen LogP contribution in [0.25, 0.3) is 0 Å². The zero-order valence-electron chi connectivity index (χ0n) is 8.23. The molecule has 0 saturated heterocycles. The molecule has 2 unspecified atom stereocenters. The Hall–Kier alpha value is 1.03. The smallest absolute Gasteiger partial charge is 0.496 e. The van der Waals surface area contributed by atoms with Gasteiger partial charge in [0.1, 0.15) is 0 Å². The molecule has 0 radical (unpaired) electrons. The standard InChI is InChI=1S/C4H9.CH4.HO8P3.Sn/c1-3-4-2;;1-9(2)7-11(5,6)8-10(3)4;/h1,3-4H2,2H3;1H4;(H,5,6);/q;;;+3/p-1. The van der Waals surface area contributed by atoms with Gasteiger partial charge in [-0.2, -0.15) is 0 Å². The molecule has 0 aromatic rings. The van der Waals surface area contributed by atoms with Crippen LogP contribution >= 0.6 is 24.3 Å². The Balaban J connectivity index is -0.000000280. The van der Waals surface area contributed by atoms with E-state index in [0.29, 0.717) is 0 Å². The van der Waals surface area contributed by atoms with E-state index in [9.17, 15) is 28.4 Å². The quantitative estimate of drug-likeness (QED) is 0.454. The van der Waals surface area contributed by atoms with Crippen molar-refractivity contribution in [1.82, 2.24) is 0 Å². The van der Waals surface area contributed by atoms with Gasteiger partial charge in [0, 0.05) is 0 Å². The van der Waals surface area contributed by atoms with Crippen molar-refractivity contribution in [3.05, 3.63) is 0 Å². The average Bonchev–Trinajstić information content (AvgIpc) is 2.00. The largest absolute Gasteiger partial charge is 0.750 e. The summed E-state index contributed by atoms with van der Waals surface area (Å²) in [5.41, 5.74) is 0. The number of hydrogen-bond acceptors (Lipinski definition) is 8. The van der Waals surface area contributed by atoms with Crippen LogP contribution in [-0.2, 0) is 22.3 Å². The van der Waals surface area contributed by atoms with Gasteiger partial charge in [-0.25, -0.2) is 0 Å². The maximum atomic E-state index is 10.1. The van der Waals surface area contributed by atoms with Crippen molar-refractivity contribution in [3.8, 4) is 0 Å². The minimum Gasteiger partial charge on any atom is -0.750 e. The van der Waals surface area contributed by atoms with Crippen molar-refractivity contribution in [3.63, 3.8) is 0 Å². The second-order valence-corrected chi connectivity index (χ2v) is 6.68. The van der Waals surface area contributed by atoms with Gasteiger partial charge in [0.2, 0.25) is 0 Å². The normalized spacial score (nSPS) is 14.7. The predicted octanol–water partition coefficient (Wildman–Crippen LogP) is 0.533. The molecule has 0 bridgehead atoms. The summed E-state index contributed by atoms with van der Waals surface area (Å²) in [6, 6.07) is 0. The molecule has 98 valence electrons. The van der Waals surface area contributed by atoms with Crippen molar-refractivity contribution in [1.29, 1.82) is 0 Å². The molecule has 0 saturated carbocycles. The molecule has 0 rings (SSSR count). The van der Waals surface area contributed by atoms with E-state index in [4.69, 9.17) is 0 Å². The van der Waals surface area contributed by atoms with E-state index in [1.54, 1.807) is 22.5 Å². The second kappa shape index (κ2) is 13.5. The predicted molar refractivity (Wildman–Crippen MR) is 57.2 cm³/mol. The Morgan fingerprint density at radius 2 is 1.59 bits per heavy atom. The van der Waals surface area contributed by atoms with Crippen molar-refractivity contribution >= 4 is 46.9 Å². The van der Waals surface area contributed by atoms with E-state index in [1.165, 1.54) is 17.3 Å². The molecule has 0 aliphatic rings. The molecular formula is C5H13O8P3Sn+2. The van der Waals surface area contributed by atoms with Gasteiger partial charge in [-0.3, -0.25) is 4.57 Å². The van der Waals surface area contributed by atoms with E-state index in [0.717, 1.165) is 0 Å². The number of rotatable bonds is 6. The Kier molecular flexibility index (Phi) is 18.3. The molecule has 0 aliphatic heterocycles. The van der Waals surface area contributed by atoms with E-state index in [-0.39, 0.29) is 7.43 Å². The molecular weight excluding hydrogens is 400 g/mol. The third-order valence-electron chi connectivity index (χ3n) is 0.864. The zero-order chi connectivity index (χ0) is 13.2. The van der Waals surface area contributed by atoms with Gasteiger partial charge in [-0.1, -0.05) is 16.0 Å². The Bertz CT molecular complexity index is 250. The molecule has 0 spiro atoms. The summed E-state index contributed by atoms with van der Waals surface area (Å²) in [4.78, 5) is 29.2. The summed E-state index contributed by atoms with van der Waals surface area (Å²) in [5, 5.41) is 0. The van der Waals surface area contributed by atoms with Crippen LogP contribution in [0.5, 0.6) is 0 Å². The fourth-order valence-electron chi connectivity index (χ4n) is 0.355. The van der Waals surface area contributed by atoms with Crippen LogP contribution in [0.3, 0.4) is 0 Å². The summed E-state index contributed by atoms with van der Waals surface area (Å²) in [6.45, 7) is 2.23. The molecule has 0 heterocycles. The van der Waals surface area contributed by atoms with E-state index >= 15 is 0 Å². The summed E-state index contributed by atoms with van der Waals surface area (Å²) >= 11 is 1.68. The molecule has 0 fully saturated rings. The number of phosphoric acid groups is 1. The molecule has 2 atom stereocenters. The van der Waals surface area contributed by atoms with Crippen LogP contribution in [0.15, 0.2) is 0 Å². The maximum absolute atomic E-state index is 10.1. The summed E-state index contributed by atoms with van der Waals surface area (Å²) in [7, 11) is -12.6. The first-order chi connectivity index (χ1) is 7.25. The van der Waals surface area contributed by atoms with Gasteiger partial charge in [-0.15, -0.1) is 0 Å². The monoisotopic (exact) mass is 414 g/mol. The molecule has 0 aliphatic carbocycles. The zero-order valence-corrected chi connectivity index (χ0v) is 13.8. The fraction of sp³-hybridized carbons (Fsp3) is 1.00. The SMILES string of the molecule is C.CCC[CH2][Sn+3].O=[P+]([O-])OP(=O)([O-])O[P+](=O)[O-]. The molecule has 0 aromatic heterocycles. The first kappa shape index (κ1) is 23.1. The first-order valence-corrected chi connectivity index (χ1v) is 9.56. The topological polar surface area (TPSA) is 139 Å². The van der Waals surface area contributed by atoms with Crippen molar-refractivity contribution < 1.29 is 37.0 Å². The molecule has 8 nitrogen and oxygen atoms in total. The average molecular weight is 413 g/mol. The summed E-state index contributed by atoms with van der Waals surface area (Å²) in [6.07, 6.45) is 2.80. The van der Waals surface area contributed by atoms with Crippen LogP contribution in [0, 0.1) is 0 Å². The minimum atomic E-state index is -5.25. The second-order valence-electron chi connectivity index (χ2n) is 2.16. The van der Waals surface area contributed by atoms with Gasteiger partial charge in [0.15, 0.2) is 0 Å².